The number of H-pyrrole nitrogens is 1. The summed E-state index contributed by atoms with van der Waals surface area (Å²) in [7, 11) is 0. The molecule has 0 unspecified atom stereocenters. The molecule has 1 spiro atoms. The molecule has 0 bridgehead atoms. The molecule has 0 aliphatic carbocycles. The van der Waals surface area contributed by atoms with Crippen molar-refractivity contribution in [3.63, 3.8) is 0 Å². The number of fused-ring (bicyclic) bond motifs is 1. The van der Waals surface area contributed by atoms with Crippen molar-refractivity contribution < 1.29 is 9.47 Å². The first-order valence-corrected chi connectivity index (χ1v) is 10.4. The lowest BCUT2D eigenvalue weighted by Gasteiger charge is -2.38. The van der Waals surface area contributed by atoms with Crippen molar-refractivity contribution in [1.82, 2.24) is 9.97 Å². The summed E-state index contributed by atoms with van der Waals surface area (Å²) >= 11 is 6.48. The predicted octanol–water partition coefficient (Wildman–Crippen LogP) is 5.25. The van der Waals surface area contributed by atoms with Crippen LogP contribution >= 0.6 is 11.6 Å². The van der Waals surface area contributed by atoms with E-state index in [2.05, 4.69) is 27.0 Å². The SMILES string of the molecule is CC.Clc1ccc(N2CCC3(CC2)OCCO3)cc1-c1nc2ccccc2[nH]1. The summed E-state index contributed by atoms with van der Waals surface area (Å²) in [4.78, 5) is 10.4. The van der Waals surface area contributed by atoms with Crippen LogP contribution in [0.2, 0.25) is 5.02 Å². The Morgan fingerprint density at radius 3 is 2.46 bits per heavy atom. The number of ether oxygens (including phenoxy) is 2. The van der Waals surface area contributed by atoms with Crippen molar-refractivity contribution in [2.45, 2.75) is 32.5 Å². The molecule has 0 amide bonds. The largest absolute Gasteiger partial charge is 0.371 e. The predicted molar refractivity (Wildman–Crippen MR) is 114 cm³/mol. The lowest BCUT2D eigenvalue weighted by atomic mass is 10.0. The van der Waals surface area contributed by atoms with Gasteiger partial charge in [-0.15, -0.1) is 0 Å². The number of nitrogens with zero attached hydrogens (tertiary/aromatic N) is 2. The summed E-state index contributed by atoms with van der Waals surface area (Å²) in [6.45, 7) is 7.22. The van der Waals surface area contributed by atoms with Crippen molar-refractivity contribution in [2.24, 2.45) is 0 Å². The zero-order chi connectivity index (χ0) is 19.6. The molecule has 2 saturated heterocycles. The molecule has 2 fully saturated rings. The van der Waals surface area contributed by atoms with Gasteiger partial charge >= 0.3 is 0 Å². The molecule has 0 radical (unpaired) electrons. The average molecular weight is 400 g/mol. The maximum Gasteiger partial charge on any atom is 0.171 e. The van der Waals surface area contributed by atoms with Gasteiger partial charge in [0.2, 0.25) is 0 Å². The summed E-state index contributed by atoms with van der Waals surface area (Å²) in [5, 5.41) is 0.698. The van der Waals surface area contributed by atoms with E-state index < -0.39 is 0 Å². The molecule has 28 heavy (non-hydrogen) atoms. The Hall–Kier alpha value is -2.08. The van der Waals surface area contributed by atoms with Gasteiger partial charge in [0.15, 0.2) is 5.79 Å². The molecule has 3 aromatic rings. The molecule has 1 aromatic heterocycles. The van der Waals surface area contributed by atoms with E-state index in [1.807, 2.05) is 44.2 Å². The smallest absolute Gasteiger partial charge is 0.171 e. The summed E-state index contributed by atoms with van der Waals surface area (Å²) in [5.74, 6) is 0.443. The maximum absolute atomic E-state index is 6.48. The fourth-order valence-electron chi connectivity index (χ4n) is 3.86. The second-order valence-corrected chi connectivity index (χ2v) is 7.27. The number of para-hydroxylation sites is 2. The topological polar surface area (TPSA) is 50.4 Å². The molecule has 3 heterocycles. The molecule has 148 valence electrons. The molecule has 0 saturated carbocycles. The standard InChI is InChI=1S/C20H20ClN3O2.C2H6/c21-16-6-5-14(24-9-7-20(8-10-24)25-11-12-26-20)13-15(16)19-22-17-3-1-2-4-18(17)23-19;1-2/h1-6,13H,7-12H2,(H,22,23);1-2H3. The quantitative estimate of drug-likeness (QED) is 0.639. The monoisotopic (exact) mass is 399 g/mol. The van der Waals surface area contributed by atoms with E-state index in [9.17, 15) is 0 Å². The Labute approximate surface area is 170 Å². The van der Waals surface area contributed by atoms with E-state index in [1.54, 1.807) is 0 Å². The van der Waals surface area contributed by atoms with Crippen LogP contribution in [0.25, 0.3) is 22.4 Å². The molecule has 5 rings (SSSR count). The number of aromatic amines is 1. The first-order chi connectivity index (χ1) is 13.7. The number of aromatic nitrogens is 2. The molecule has 0 atom stereocenters. The van der Waals surface area contributed by atoms with Gasteiger partial charge in [0.1, 0.15) is 5.82 Å². The van der Waals surface area contributed by atoms with Gasteiger partial charge < -0.3 is 19.4 Å². The number of benzene rings is 2. The van der Waals surface area contributed by atoms with Crippen LogP contribution in [0.5, 0.6) is 0 Å². The minimum atomic E-state index is -0.357. The van der Waals surface area contributed by atoms with Crippen LogP contribution in [0.15, 0.2) is 42.5 Å². The Morgan fingerprint density at radius 1 is 1.04 bits per heavy atom. The summed E-state index contributed by atoms with van der Waals surface area (Å²) in [5.41, 5.74) is 4.03. The first kappa shape index (κ1) is 19.2. The number of halogens is 1. The first-order valence-electron chi connectivity index (χ1n) is 10.0. The van der Waals surface area contributed by atoms with Gasteiger partial charge in [-0.2, -0.15) is 0 Å². The molecular formula is C22H26ClN3O2. The molecule has 2 aliphatic heterocycles. The van der Waals surface area contributed by atoms with Gasteiger partial charge in [-0.25, -0.2) is 4.98 Å². The van der Waals surface area contributed by atoms with Gasteiger partial charge in [0.25, 0.3) is 0 Å². The Morgan fingerprint density at radius 2 is 1.75 bits per heavy atom. The highest BCUT2D eigenvalue weighted by Crippen LogP contribution is 2.36. The zero-order valence-electron chi connectivity index (χ0n) is 16.4. The lowest BCUT2D eigenvalue weighted by Crippen LogP contribution is -2.45. The van der Waals surface area contributed by atoms with Crippen LogP contribution in [-0.2, 0) is 9.47 Å². The van der Waals surface area contributed by atoms with Gasteiger partial charge in [0.05, 0.1) is 29.3 Å². The van der Waals surface area contributed by atoms with Crippen LogP contribution in [-0.4, -0.2) is 42.1 Å². The minimum Gasteiger partial charge on any atom is -0.371 e. The number of piperidine rings is 1. The normalized spacial score (nSPS) is 18.3. The van der Waals surface area contributed by atoms with Crippen molar-refractivity contribution in [3.05, 3.63) is 47.5 Å². The molecule has 1 N–H and O–H groups in total. The fourth-order valence-corrected chi connectivity index (χ4v) is 4.07. The van der Waals surface area contributed by atoms with E-state index in [1.165, 1.54) is 0 Å². The molecular weight excluding hydrogens is 374 g/mol. The van der Waals surface area contributed by atoms with Crippen molar-refractivity contribution in [1.29, 1.82) is 0 Å². The minimum absolute atomic E-state index is 0.357. The highest BCUT2D eigenvalue weighted by molar-refractivity contribution is 6.33. The van der Waals surface area contributed by atoms with Crippen molar-refractivity contribution in [2.75, 3.05) is 31.2 Å². The Balaban J connectivity index is 0.000000932. The molecule has 2 aromatic carbocycles. The fraction of sp³-hybridized carbons (Fsp3) is 0.409. The van der Waals surface area contributed by atoms with Gasteiger partial charge in [0, 0.05) is 37.2 Å². The van der Waals surface area contributed by atoms with Gasteiger partial charge in [-0.1, -0.05) is 37.6 Å². The number of nitrogens with one attached hydrogen (secondary N) is 1. The van der Waals surface area contributed by atoms with Crippen LogP contribution in [0.1, 0.15) is 26.7 Å². The lowest BCUT2D eigenvalue weighted by molar-refractivity contribution is -0.169. The van der Waals surface area contributed by atoms with Crippen LogP contribution in [0.3, 0.4) is 0 Å². The van der Waals surface area contributed by atoms with Crippen LogP contribution < -0.4 is 4.90 Å². The highest BCUT2D eigenvalue weighted by Gasteiger charge is 2.39. The summed E-state index contributed by atoms with van der Waals surface area (Å²) in [6, 6.07) is 14.2. The maximum atomic E-state index is 6.48. The second-order valence-electron chi connectivity index (χ2n) is 6.86. The Kier molecular flexibility index (Phi) is 5.58. The molecule has 5 nitrogen and oxygen atoms in total. The third-order valence-corrected chi connectivity index (χ3v) is 5.63. The Bertz CT molecular complexity index is 907. The summed E-state index contributed by atoms with van der Waals surface area (Å²) in [6.07, 6.45) is 1.77. The average Bonchev–Trinajstić information content (AvgIpc) is 3.38. The summed E-state index contributed by atoms with van der Waals surface area (Å²) < 4.78 is 11.7. The van der Waals surface area contributed by atoms with Gasteiger partial charge in [-0.05, 0) is 30.3 Å². The third kappa shape index (κ3) is 3.62. The van der Waals surface area contributed by atoms with E-state index in [0.717, 1.165) is 54.0 Å². The van der Waals surface area contributed by atoms with Crippen molar-refractivity contribution in [3.8, 4) is 11.4 Å². The number of imidazole rings is 1. The number of anilines is 1. The van der Waals surface area contributed by atoms with Crippen LogP contribution in [0.4, 0.5) is 5.69 Å². The molecule has 2 aliphatic rings. The van der Waals surface area contributed by atoms with Crippen molar-refractivity contribution >= 4 is 28.3 Å². The highest BCUT2D eigenvalue weighted by atomic mass is 35.5. The van der Waals surface area contributed by atoms with E-state index >= 15 is 0 Å². The number of rotatable bonds is 2. The second kappa shape index (κ2) is 8.11. The van der Waals surface area contributed by atoms with E-state index in [4.69, 9.17) is 21.1 Å². The van der Waals surface area contributed by atoms with Gasteiger partial charge in [-0.3, -0.25) is 0 Å². The van der Waals surface area contributed by atoms with E-state index in [0.29, 0.717) is 18.2 Å². The van der Waals surface area contributed by atoms with E-state index in [-0.39, 0.29) is 5.79 Å². The zero-order valence-corrected chi connectivity index (χ0v) is 17.1. The number of hydrogen-bond donors (Lipinski definition) is 1. The van der Waals surface area contributed by atoms with Crippen LogP contribution in [0, 0.1) is 0 Å². The third-order valence-electron chi connectivity index (χ3n) is 5.30. The number of hydrogen-bond acceptors (Lipinski definition) is 4. The molecule has 6 heteroatoms.